The van der Waals surface area contributed by atoms with E-state index in [0.717, 1.165) is 11.6 Å². The molecule has 2 fully saturated rings. The number of benzene rings is 1. The first-order chi connectivity index (χ1) is 12.4. The van der Waals surface area contributed by atoms with E-state index in [1.54, 1.807) is 10.9 Å². The molecule has 3 atom stereocenters. The van der Waals surface area contributed by atoms with Gasteiger partial charge in [-0.05, 0) is 76.0 Å². The Kier molecular flexibility index (Phi) is 9.57. The standard InChI is InChI=1S/C18H31NP2.C5H10/c1-19(2)18(15-11-9-13-17(15)21(5)6)14-10-7-8-12-16(14)20(3)4;1-2-4-5-3-1/h7-8,10,12,15,17-18H,9,11,13H2,1-6H3;1-5H2/t15?,17?,18-;/m1./s1. The molecule has 0 aliphatic heterocycles. The van der Waals surface area contributed by atoms with E-state index in [9.17, 15) is 0 Å². The first-order valence-corrected chi connectivity index (χ1v) is 15.1. The Morgan fingerprint density at radius 3 is 1.92 bits per heavy atom. The lowest BCUT2D eigenvalue weighted by Crippen LogP contribution is -2.34. The van der Waals surface area contributed by atoms with Crippen LogP contribution in [-0.2, 0) is 0 Å². The van der Waals surface area contributed by atoms with Crippen molar-refractivity contribution in [2.45, 2.75) is 63.1 Å². The first kappa shape index (κ1) is 22.3. The third-order valence-corrected chi connectivity index (χ3v) is 9.48. The highest BCUT2D eigenvalue weighted by Gasteiger charge is 2.37. The van der Waals surface area contributed by atoms with Crippen molar-refractivity contribution < 1.29 is 0 Å². The maximum absolute atomic E-state index is 2.49. The molecule has 1 aromatic rings. The van der Waals surface area contributed by atoms with E-state index >= 15 is 0 Å². The SMILES string of the molecule is C1CCCC1.CN(C)[C@H](c1ccccc1P(C)C)C1CCCC1P(C)C. The minimum Gasteiger partial charge on any atom is -0.302 e. The Hall–Kier alpha value is 0.0400. The van der Waals surface area contributed by atoms with Crippen LogP contribution in [0.4, 0.5) is 0 Å². The topological polar surface area (TPSA) is 3.24 Å². The zero-order chi connectivity index (χ0) is 19.1. The highest BCUT2D eigenvalue weighted by atomic mass is 31.1. The predicted molar refractivity (Wildman–Crippen MR) is 124 cm³/mol. The van der Waals surface area contributed by atoms with Crippen LogP contribution in [0.15, 0.2) is 24.3 Å². The summed E-state index contributed by atoms with van der Waals surface area (Å²) in [5, 5.41) is 1.60. The largest absolute Gasteiger partial charge is 0.302 e. The molecule has 0 bridgehead atoms. The number of hydrogen-bond donors (Lipinski definition) is 0. The number of nitrogens with zero attached hydrogens (tertiary/aromatic N) is 1. The fourth-order valence-corrected chi connectivity index (χ4v) is 7.78. The van der Waals surface area contributed by atoms with Crippen LogP contribution in [0.5, 0.6) is 0 Å². The summed E-state index contributed by atoms with van der Waals surface area (Å²) >= 11 is 0. The minimum atomic E-state index is -0.0389. The Morgan fingerprint density at radius 1 is 0.846 bits per heavy atom. The smallest absolute Gasteiger partial charge is 0.0382 e. The van der Waals surface area contributed by atoms with Gasteiger partial charge >= 0.3 is 0 Å². The van der Waals surface area contributed by atoms with E-state index in [1.807, 2.05) is 0 Å². The third-order valence-electron chi connectivity index (χ3n) is 6.14. The second-order valence-electron chi connectivity index (χ2n) is 8.76. The minimum absolute atomic E-state index is 0.0389. The molecule has 0 heterocycles. The molecule has 2 unspecified atom stereocenters. The third kappa shape index (κ3) is 6.02. The van der Waals surface area contributed by atoms with E-state index in [1.165, 1.54) is 51.4 Å². The summed E-state index contributed by atoms with van der Waals surface area (Å²) in [4.78, 5) is 2.49. The van der Waals surface area contributed by atoms with Gasteiger partial charge in [0, 0.05) is 6.04 Å². The second-order valence-corrected chi connectivity index (χ2v) is 13.6. The van der Waals surface area contributed by atoms with Gasteiger partial charge in [0.2, 0.25) is 0 Å². The van der Waals surface area contributed by atoms with Gasteiger partial charge in [-0.15, -0.1) is 7.92 Å². The molecule has 148 valence electrons. The van der Waals surface area contributed by atoms with Gasteiger partial charge in [0.25, 0.3) is 0 Å². The van der Waals surface area contributed by atoms with Crippen molar-refractivity contribution >= 4 is 21.1 Å². The Morgan fingerprint density at radius 2 is 1.42 bits per heavy atom. The van der Waals surface area contributed by atoms with Crippen molar-refractivity contribution in [2.24, 2.45) is 5.92 Å². The van der Waals surface area contributed by atoms with Crippen LogP contribution in [0, 0.1) is 5.92 Å². The highest BCUT2D eigenvalue weighted by molar-refractivity contribution is 7.64. The zero-order valence-electron chi connectivity index (χ0n) is 18.0. The molecule has 3 rings (SSSR count). The number of rotatable bonds is 5. The second kappa shape index (κ2) is 11.1. The average Bonchev–Trinajstić information content (AvgIpc) is 3.30. The normalized spacial score (nSPS) is 24.2. The molecule has 0 N–H and O–H groups in total. The summed E-state index contributed by atoms with van der Waals surface area (Å²) < 4.78 is 0. The monoisotopic (exact) mass is 393 g/mol. The molecule has 2 saturated carbocycles. The lowest BCUT2D eigenvalue weighted by Gasteiger charge is -2.37. The van der Waals surface area contributed by atoms with Gasteiger partial charge in [-0.2, -0.15) is 0 Å². The van der Waals surface area contributed by atoms with Crippen molar-refractivity contribution in [3.05, 3.63) is 29.8 Å². The maximum atomic E-state index is 2.49. The maximum Gasteiger partial charge on any atom is 0.0382 e. The quantitative estimate of drug-likeness (QED) is 0.515. The Labute approximate surface area is 165 Å². The van der Waals surface area contributed by atoms with Crippen molar-refractivity contribution in [2.75, 3.05) is 40.8 Å². The van der Waals surface area contributed by atoms with Crippen LogP contribution < -0.4 is 5.30 Å². The fraction of sp³-hybridized carbons (Fsp3) is 0.739. The van der Waals surface area contributed by atoms with Gasteiger partial charge in [0.05, 0.1) is 0 Å². The molecule has 2 aliphatic carbocycles. The molecule has 2 aliphatic rings. The molecule has 0 amide bonds. The van der Waals surface area contributed by atoms with Crippen LogP contribution in [0.3, 0.4) is 0 Å². The molecule has 1 aromatic carbocycles. The van der Waals surface area contributed by atoms with Gasteiger partial charge in [-0.1, -0.05) is 70.7 Å². The van der Waals surface area contributed by atoms with Crippen molar-refractivity contribution in [3.63, 3.8) is 0 Å². The Balaban J connectivity index is 0.000000417. The molecular weight excluding hydrogens is 352 g/mol. The van der Waals surface area contributed by atoms with E-state index in [-0.39, 0.29) is 15.8 Å². The molecule has 3 heteroatoms. The molecular formula is C23H41NP2. The van der Waals surface area contributed by atoms with Crippen LogP contribution >= 0.6 is 15.8 Å². The summed E-state index contributed by atoms with van der Waals surface area (Å²) in [7, 11) is 4.68. The molecule has 0 spiro atoms. The summed E-state index contributed by atoms with van der Waals surface area (Å²) in [6.07, 6.45) is 11.8. The summed E-state index contributed by atoms with van der Waals surface area (Å²) in [6, 6.07) is 9.81. The molecule has 0 radical (unpaired) electrons. The van der Waals surface area contributed by atoms with E-state index in [2.05, 4.69) is 69.9 Å². The molecule has 1 nitrogen and oxygen atoms in total. The van der Waals surface area contributed by atoms with Crippen molar-refractivity contribution in [1.82, 2.24) is 4.90 Å². The predicted octanol–water partition coefficient (Wildman–Crippen LogP) is 6.52. The van der Waals surface area contributed by atoms with Crippen LogP contribution in [0.1, 0.15) is 63.0 Å². The highest BCUT2D eigenvalue weighted by Crippen LogP contribution is 2.51. The molecule has 0 aromatic heterocycles. The van der Waals surface area contributed by atoms with Gasteiger partial charge in [0.15, 0.2) is 0 Å². The van der Waals surface area contributed by atoms with Crippen LogP contribution in [0.2, 0.25) is 0 Å². The summed E-state index contributed by atoms with van der Waals surface area (Å²) in [6.45, 7) is 9.73. The zero-order valence-corrected chi connectivity index (χ0v) is 19.8. The fourth-order valence-electron chi connectivity index (χ4n) is 4.90. The van der Waals surface area contributed by atoms with Gasteiger partial charge in [0.1, 0.15) is 0 Å². The first-order valence-electron chi connectivity index (χ1n) is 10.5. The summed E-state index contributed by atoms with van der Waals surface area (Å²) in [5.74, 6) is 0.845. The number of hydrogen-bond acceptors (Lipinski definition) is 1. The van der Waals surface area contributed by atoms with E-state index < -0.39 is 0 Å². The van der Waals surface area contributed by atoms with Gasteiger partial charge < -0.3 is 4.90 Å². The van der Waals surface area contributed by atoms with Crippen molar-refractivity contribution in [1.29, 1.82) is 0 Å². The average molecular weight is 394 g/mol. The van der Waals surface area contributed by atoms with Crippen LogP contribution in [0.25, 0.3) is 0 Å². The van der Waals surface area contributed by atoms with Crippen molar-refractivity contribution in [3.8, 4) is 0 Å². The Bertz CT molecular complexity index is 515. The van der Waals surface area contributed by atoms with Gasteiger partial charge in [-0.25, -0.2) is 0 Å². The lowest BCUT2D eigenvalue weighted by atomic mass is 9.90. The van der Waals surface area contributed by atoms with Crippen LogP contribution in [-0.4, -0.2) is 51.3 Å². The van der Waals surface area contributed by atoms with Gasteiger partial charge in [-0.3, -0.25) is 0 Å². The molecule has 0 saturated heterocycles. The molecule has 26 heavy (non-hydrogen) atoms. The lowest BCUT2D eigenvalue weighted by molar-refractivity contribution is 0.217. The van der Waals surface area contributed by atoms with E-state index in [0.29, 0.717) is 6.04 Å². The summed E-state index contributed by atoms with van der Waals surface area (Å²) in [5.41, 5.74) is 2.55. The van der Waals surface area contributed by atoms with E-state index in [4.69, 9.17) is 0 Å².